The molecule has 1 aliphatic heterocycles. The summed E-state index contributed by atoms with van der Waals surface area (Å²) in [6, 6.07) is 0. The van der Waals surface area contributed by atoms with Gasteiger partial charge in [-0.05, 0) is 43.4 Å². The second kappa shape index (κ2) is 6.13. The summed E-state index contributed by atoms with van der Waals surface area (Å²) >= 11 is 7.46. The Labute approximate surface area is 129 Å². The molecule has 1 spiro atoms. The number of hydrogen-bond donors (Lipinski definition) is 0. The highest BCUT2D eigenvalue weighted by Gasteiger charge is 2.45. The van der Waals surface area contributed by atoms with E-state index in [2.05, 4.69) is 45.7 Å². The summed E-state index contributed by atoms with van der Waals surface area (Å²) in [6.45, 7) is 4.67. The van der Waals surface area contributed by atoms with Crippen molar-refractivity contribution in [1.82, 2.24) is 0 Å². The zero-order chi connectivity index (χ0) is 13.2. The van der Waals surface area contributed by atoms with Gasteiger partial charge in [-0.2, -0.15) is 0 Å². The summed E-state index contributed by atoms with van der Waals surface area (Å²) in [7, 11) is 0. The Kier molecular flexibility index (Phi) is 5.22. The maximum absolute atomic E-state index is 6.48. The Morgan fingerprint density at radius 1 is 1.17 bits per heavy atom. The van der Waals surface area contributed by atoms with Gasteiger partial charge in [-0.3, -0.25) is 0 Å². The first-order valence-electron chi connectivity index (χ1n) is 7.36. The lowest BCUT2D eigenvalue weighted by Gasteiger charge is -2.37. The van der Waals surface area contributed by atoms with E-state index in [-0.39, 0.29) is 5.60 Å². The van der Waals surface area contributed by atoms with Crippen LogP contribution in [0.1, 0.15) is 58.8 Å². The van der Waals surface area contributed by atoms with Gasteiger partial charge in [0.05, 0.1) is 11.7 Å². The van der Waals surface area contributed by atoms with Crippen molar-refractivity contribution in [2.24, 2.45) is 11.3 Å². The highest BCUT2D eigenvalue weighted by molar-refractivity contribution is 9.09. The minimum atomic E-state index is 0.284. The molecule has 1 atom stereocenters. The van der Waals surface area contributed by atoms with Crippen molar-refractivity contribution in [3.8, 4) is 0 Å². The molecule has 2 rings (SSSR count). The maximum Gasteiger partial charge on any atom is 0.0687 e. The molecule has 106 valence electrons. The third-order valence-corrected chi connectivity index (χ3v) is 7.48. The van der Waals surface area contributed by atoms with Crippen molar-refractivity contribution in [2.45, 2.75) is 70.5 Å². The van der Waals surface area contributed by atoms with E-state index in [1.54, 1.807) is 0 Å². The van der Waals surface area contributed by atoms with Crippen molar-refractivity contribution in [3.05, 3.63) is 0 Å². The van der Waals surface area contributed by atoms with Crippen molar-refractivity contribution >= 4 is 31.9 Å². The van der Waals surface area contributed by atoms with Gasteiger partial charge in [-0.15, -0.1) is 0 Å². The van der Waals surface area contributed by atoms with Crippen molar-refractivity contribution in [3.63, 3.8) is 0 Å². The van der Waals surface area contributed by atoms with Crippen molar-refractivity contribution < 1.29 is 4.74 Å². The molecule has 0 amide bonds. The van der Waals surface area contributed by atoms with Crippen molar-refractivity contribution in [1.29, 1.82) is 0 Å². The normalized spacial score (nSPS) is 27.5. The van der Waals surface area contributed by atoms with E-state index in [9.17, 15) is 0 Å². The molecule has 1 nitrogen and oxygen atoms in total. The predicted molar refractivity (Wildman–Crippen MR) is 84.8 cm³/mol. The summed E-state index contributed by atoms with van der Waals surface area (Å²) in [4.78, 5) is 0. The van der Waals surface area contributed by atoms with Crippen LogP contribution in [-0.2, 0) is 4.74 Å². The fourth-order valence-electron chi connectivity index (χ4n) is 3.57. The van der Waals surface area contributed by atoms with Gasteiger partial charge in [0.15, 0.2) is 0 Å². The van der Waals surface area contributed by atoms with Crippen LogP contribution >= 0.6 is 31.9 Å². The van der Waals surface area contributed by atoms with Crippen LogP contribution in [0, 0.1) is 11.3 Å². The van der Waals surface area contributed by atoms with Gasteiger partial charge in [0.25, 0.3) is 0 Å². The van der Waals surface area contributed by atoms with Gasteiger partial charge in [0, 0.05) is 10.7 Å². The van der Waals surface area contributed by atoms with E-state index in [1.165, 1.54) is 44.9 Å². The minimum Gasteiger partial charge on any atom is -0.372 e. The number of alkyl halides is 2. The molecule has 2 aliphatic rings. The van der Waals surface area contributed by atoms with Crippen LogP contribution in [0.3, 0.4) is 0 Å². The van der Waals surface area contributed by atoms with Crippen LogP contribution < -0.4 is 0 Å². The van der Waals surface area contributed by atoms with Gasteiger partial charge in [-0.1, -0.05) is 58.5 Å². The topological polar surface area (TPSA) is 9.23 Å². The van der Waals surface area contributed by atoms with Crippen LogP contribution in [0.2, 0.25) is 0 Å². The lowest BCUT2D eigenvalue weighted by Crippen LogP contribution is -2.36. The highest BCUT2D eigenvalue weighted by Crippen LogP contribution is 2.47. The third kappa shape index (κ3) is 2.98. The summed E-state index contributed by atoms with van der Waals surface area (Å²) in [5.74, 6) is 0.681. The van der Waals surface area contributed by atoms with E-state index in [0.29, 0.717) is 17.4 Å². The first-order valence-corrected chi connectivity index (χ1v) is 9.60. The predicted octanol–water partition coefficient (Wildman–Crippen LogP) is 5.30. The molecule has 0 bridgehead atoms. The lowest BCUT2D eigenvalue weighted by molar-refractivity contribution is -0.0532. The first-order chi connectivity index (χ1) is 8.56. The first kappa shape index (κ1) is 15.3. The summed E-state index contributed by atoms with van der Waals surface area (Å²) < 4.78 is 6.48. The maximum atomic E-state index is 6.48. The molecule has 0 radical (unpaired) electrons. The molecule has 0 N–H and O–H groups in total. The Morgan fingerprint density at radius 2 is 1.78 bits per heavy atom. The SMILES string of the molecule is CC(C)C(CBr)(CBr)CC1CCC2(CCCC2)O1. The van der Waals surface area contributed by atoms with Gasteiger partial charge in [0.1, 0.15) is 0 Å². The van der Waals surface area contributed by atoms with E-state index in [1.807, 2.05) is 0 Å². The molecule has 1 aliphatic carbocycles. The molecular formula is C15H26Br2O. The Balaban J connectivity index is 1.97. The summed E-state index contributed by atoms with van der Waals surface area (Å²) in [5, 5.41) is 2.13. The fourth-order valence-corrected chi connectivity index (χ4v) is 6.25. The molecule has 0 aromatic heterocycles. The molecular weight excluding hydrogens is 356 g/mol. The molecule has 1 saturated heterocycles. The molecule has 18 heavy (non-hydrogen) atoms. The molecule has 0 aromatic carbocycles. The monoisotopic (exact) mass is 380 g/mol. The van der Waals surface area contributed by atoms with Crippen LogP contribution in [0.25, 0.3) is 0 Å². The van der Waals surface area contributed by atoms with E-state index in [4.69, 9.17) is 4.74 Å². The quantitative estimate of drug-likeness (QED) is 0.587. The van der Waals surface area contributed by atoms with Crippen LogP contribution in [0.15, 0.2) is 0 Å². The van der Waals surface area contributed by atoms with Crippen LogP contribution in [0.5, 0.6) is 0 Å². The highest BCUT2D eigenvalue weighted by atomic mass is 79.9. The molecule has 2 fully saturated rings. The number of halogens is 2. The molecule has 0 aromatic rings. The van der Waals surface area contributed by atoms with Crippen LogP contribution in [-0.4, -0.2) is 22.4 Å². The third-order valence-electron chi connectivity index (χ3n) is 5.24. The van der Waals surface area contributed by atoms with Gasteiger partial charge in [-0.25, -0.2) is 0 Å². The summed E-state index contributed by atoms with van der Waals surface area (Å²) in [5.41, 5.74) is 0.626. The van der Waals surface area contributed by atoms with Crippen molar-refractivity contribution in [2.75, 3.05) is 10.7 Å². The largest absolute Gasteiger partial charge is 0.372 e. The van der Waals surface area contributed by atoms with E-state index >= 15 is 0 Å². The zero-order valence-corrected chi connectivity index (χ0v) is 14.9. The number of rotatable bonds is 5. The fraction of sp³-hybridized carbons (Fsp3) is 1.00. The standard InChI is InChI=1S/C15H26Br2O/c1-12(2)14(10-16,11-17)9-13-5-8-15(18-13)6-3-4-7-15/h12-13H,3-11H2,1-2H3. The lowest BCUT2D eigenvalue weighted by atomic mass is 9.76. The molecule has 1 heterocycles. The average molecular weight is 382 g/mol. The average Bonchev–Trinajstić information content (AvgIpc) is 2.97. The van der Waals surface area contributed by atoms with Gasteiger partial charge < -0.3 is 4.74 Å². The minimum absolute atomic E-state index is 0.284. The second-order valence-electron chi connectivity index (χ2n) is 6.66. The summed E-state index contributed by atoms with van der Waals surface area (Å²) in [6.07, 6.45) is 9.62. The molecule has 1 unspecified atom stereocenters. The van der Waals surface area contributed by atoms with Gasteiger partial charge >= 0.3 is 0 Å². The molecule has 1 saturated carbocycles. The number of hydrogen-bond acceptors (Lipinski definition) is 1. The van der Waals surface area contributed by atoms with Crippen LogP contribution in [0.4, 0.5) is 0 Å². The van der Waals surface area contributed by atoms with E-state index in [0.717, 1.165) is 10.7 Å². The van der Waals surface area contributed by atoms with E-state index < -0.39 is 0 Å². The Bertz CT molecular complexity index is 268. The second-order valence-corrected chi connectivity index (χ2v) is 7.78. The number of ether oxygens (including phenoxy) is 1. The zero-order valence-electron chi connectivity index (χ0n) is 11.7. The Morgan fingerprint density at radius 3 is 2.28 bits per heavy atom. The smallest absolute Gasteiger partial charge is 0.0687 e. The molecule has 3 heteroatoms. The Hall–Kier alpha value is 0.920. The van der Waals surface area contributed by atoms with Gasteiger partial charge in [0.2, 0.25) is 0 Å².